The third-order valence-electron chi connectivity index (χ3n) is 5.01. The summed E-state index contributed by atoms with van der Waals surface area (Å²) in [5, 5.41) is 13.0. The summed E-state index contributed by atoms with van der Waals surface area (Å²) < 4.78 is 37.9. The van der Waals surface area contributed by atoms with Crippen LogP contribution in [0.5, 0.6) is 0 Å². The van der Waals surface area contributed by atoms with Gasteiger partial charge in [-0.3, -0.25) is 14.6 Å². The van der Waals surface area contributed by atoms with Gasteiger partial charge >= 0.3 is 59.1 Å². The SMILES string of the molecule is O=C(c1cccc(SOO[O-])c1)c1ccc(Cl)c(S(=O)(=O)[O-])c1Cl.O=C(c1ccccc1)c1ccc(Cl)cc1Cl.[Na+].[Na+]. The summed E-state index contributed by atoms with van der Waals surface area (Å²) in [6.45, 7) is 0. The van der Waals surface area contributed by atoms with E-state index in [0.717, 1.165) is 6.07 Å². The second kappa shape index (κ2) is 18.5. The molecule has 0 aromatic heterocycles. The van der Waals surface area contributed by atoms with Crippen LogP contribution in [0.25, 0.3) is 0 Å². The van der Waals surface area contributed by atoms with Crippen molar-refractivity contribution in [1.82, 2.24) is 0 Å². The molecule has 4 aromatic rings. The summed E-state index contributed by atoms with van der Waals surface area (Å²) in [6, 6.07) is 22.0. The van der Waals surface area contributed by atoms with Crippen LogP contribution < -0.4 is 64.4 Å². The molecule has 4 aromatic carbocycles. The predicted octanol–water partition coefficient (Wildman–Crippen LogP) is 0.592. The first-order chi connectivity index (χ1) is 18.9. The zero-order valence-electron chi connectivity index (χ0n) is 21.7. The number of hydrogen-bond acceptors (Lipinski definition) is 9. The molecule has 0 amide bonds. The normalized spacial score (nSPS) is 10.4. The summed E-state index contributed by atoms with van der Waals surface area (Å²) >= 11 is 23.9. The van der Waals surface area contributed by atoms with Crippen LogP contribution in [0.3, 0.4) is 0 Å². The maximum absolute atomic E-state index is 12.5. The van der Waals surface area contributed by atoms with E-state index in [1.54, 1.807) is 30.3 Å². The summed E-state index contributed by atoms with van der Waals surface area (Å²) in [7, 11) is -4.96. The fourth-order valence-electron chi connectivity index (χ4n) is 3.25. The zero-order chi connectivity index (χ0) is 29.4. The van der Waals surface area contributed by atoms with Crippen LogP contribution in [0.4, 0.5) is 0 Å². The number of hydrogen-bond donors (Lipinski definition) is 0. The molecule has 0 saturated heterocycles. The first-order valence-corrected chi connectivity index (χ1v) is 14.4. The van der Waals surface area contributed by atoms with Crippen LogP contribution in [-0.2, 0) is 19.5 Å². The minimum atomic E-state index is -4.96. The smallest absolute Gasteiger partial charge is 0.744 e. The zero-order valence-corrected chi connectivity index (χ0v) is 30.3. The van der Waals surface area contributed by atoms with E-state index in [1.807, 2.05) is 18.2 Å². The Bertz CT molecular complexity index is 1660. The minimum Gasteiger partial charge on any atom is -0.744 e. The van der Waals surface area contributed by atoms with Crippen molar-refractivity contribution in [3.8, 4) is 0 Å². The van der Waals surface area contributed by atoms with Crippen molar-refractivity contribution in [2.75, 3.05) is 0 Å². The molecular formula is C26H14Cl4Na2O8S2. The van der Waals surface area contributed by atoms with Crippen LogP contribution in [0.2, 0.25) is 20.1 Å². The fraction of sp³-hybridized carbons (Fsp3) is 0. The van der Waals surface area contributed by atoms with Crippen molar-refractivity contribution in [3.05, 3.63) is 127 Å². The molecule has 0 saturated carbocycles. The number of halogens is 4. The van der Waals surface area contributed by atoms with Gasteiger partial charge in [0.25, 0.3) is 0 Å². The molecule has 0 heterocycles. The molecule has 0 aliphatic carbocycles. The van der Waals surface area contributed by atoms with E-state index in [2.05, 4.69) is 9.37 Å². The van der Waals surface area contributed by atoms with Gasteiger partial charge in [-0.2, -0.15) is 4.33 Å². The molecule has 0 aliphatic rings. The number of benzene rings is 4. The Labute approximate surface area is 310 Å². The van der Waals surface area contributed by atoms with Crippen LogP contribution in [0.1, 0.15) is 31.8 Å². The van der Waals surface area contributed by atoms with Gasteiger partial charge in [0.2, 0.25) is 0 Å². The van der Waals surface area contributed by atoms with Gasteiger partial charge in [0.1, 0.15) is 10.1 Å². The Balaban J connectivity index is 0.000000429. The molecule has 0 N–H and O–H groups in total. The molecule has 0 atom stereocenters. The molecular weight excluding hydrogens is 692 g/mol. The summed E-state index contributed by atoms with van der Waals surface area (Å²) in [5.74, 6) is -0.741. The number of carbonyl (C=O) groups excluding carboxylic acids is 2. The summed E-state index contributed by atoms with van der Waals surface area (Å²) in [6.07, 6.45) is 0. The maximum atomic E-state index is 12.5. The second-order valence-corrected chi connectivity index (χ2v) is 11.3. The van der Waals surface area contributed by atoms with Crippen molar-refractivity contribution >= 4 is 80.1 Å². The van der Waals surface area contributed by atoms with Gasteiger partial charge in [0.15, 0.2) is 11.6 Å². The largest absolute Gasteiger partial charge is 1.00 e. The fourth-order valence-corrected chi connectivity index (χ4v) is 5.82. The van der Waals surface area contributed by atoms with Crippen LogP contribution in [0.15, 0.2) is 94.7 Å². The standard InChI is InChI=1S/C13H8Cl2O7S2.C13H8Cl2O.2Na/c14-10-5-4-9(11(15)13(10)24(18,19)20)12(16)7-2-1-3-8(6-7)23-22-21-17;14-10-6-7-11(12(15)8-10)13(16)9-4-2-1-3-5-9;;/h1-6,17H,(H,18,19,20);1-8H;;/q;;2*+1/p-2. The molecule has 0 unspecified atom stereocenters. The molecule has 16 heteroatoms. The minimum absolute atomic E-state index is 0. The van der Waals surface area contributed by atoms with E-state index in [9.17, 15) is 27.8 Å². The van der Waals surface area contributed by atoms with E-state index in [1.165, 1.54) is 30.3 Å². The first-order valence-electron chi connectivity index (χ1n) is 10.7. The van der Waals surface area contributed by atoms with Gasteiger partial charge in [0, 0.05) is 32.2 Å². The Morgan fingerprint density at radius 3 is 1.90 bits per heavy atom. The van der Waals surface area contributed by atoms with Crippen molar-refractivity contribution in [2.45, 2.75) is 9.79 Å². The third-order valence-corrected chi connectivity index (χ3v) is 7.98. The molecule has 4 rings (SSSR count). The Morgan fingerprint density at radius 2 is 1.31 bits per heavy atom. The summed E-state index contributed by atoms with van der Waals surface area (Å²) in [5.41, 5.74) is 0.996. The first kappa shape index (κ1) is 39.5. The van der Waals surface area contributed by atoms with Gasteiger partial charge in [0.05, 0.1) is 32.0 Å². The van der Waals surface area contributed by atoms with E-state index < -0.39 is 25.8 Å². The van der Waals surface area contributed by atoms with Gasteiger partial charge < -0.3 is 9.81 Å². The van der Waals surface area contributed by atoms with Gasteiger partial charge in [-0.15, -0.1) is 0 Å². The van der Waals surface area contributed by atoms with E-state index in [0.29, 0.717) is 38.1 Å². The molecule has 42 heavy (non-hydrogen) atoms. The van der Waals surface area contributed by atoms with Crippen LogP contribution in [-0.4, -0.2) is 24.5 Å². The average Bonchev–Trinajstić information content (AvgIpc) is 2.91. The monoisotopic (exact) mass is 704 g/mol. The van der Waals surface area contributed by atoms with Gasteiger partial charge in [-0.05, 0) is 42.5 Å². The van der Waals surface area contributed by atoms with Crippen molar-refractivity contribution < 1.29 is 96.3 Å². The van der Waals surface area contributed by atoms with Crippen molar-refractivity contribution in [3.63, 3.8) is 0 Å². The van der Waals surface area contributed by atoms with Gasteiger partial charge in [-0.25, -0.2) is 8.42 Å². The quantitative estimate of drug-likeness (QED) is 0.0646. The van der Waals surface area contributed by atoms with Crippen LogP contribution >= 0.6 is 58.4 Å². The van der Waals surface area contributed by atoms with Crippen molar-refractivity contribution in [1.29, 1.82) is 0 Å². The molecule has 0 fully saturated rings. The Hall–Kier alpha value is -0.480. The summed E-state index contributed by atoms with van der Waals surface area (Å²) in [4.78, 5) is 24.1. The number of carbonyl (C=O) groups is 2. The molecule has 8 nitrogen and oxygen atoms in total. The van der Waals surface area contributed by atoms with Gasteiger partial charge in [-0.1, -0.05) is 88.9 Å². The van der Waals surface area contributed by atoms with E-state index >= 15 is 0 Å². The number of rotatable bonds is 8. The van der Waals surface area contributed by atoms with E-state index in [-0.39, 0.29) is 81.0 Å². The van der Waals surface area contributed by atoms with E-state index in [4.69, 9.17) is 46.4 Å². The Morgan fingerprint density at radius 1 is 0.714 bits per heavy atom. The predicted molar refractivity (Wildman–Crippen MR) is 149 cm³/mol. The third kappa shape index (κ3) is 10.8. The van der Waals surface area contributed by atoms with Crippen LogP contribution in [0, 0.1) is 0 Å². The topological polar surface area (TPSA) is 133 Å². The molecule has 0 bridgehead atoms. The van der Waals surface area contributed by atoms with Crippen molar-refractivity contribution in [2.24, 2.45) is 0 Å². The molecule has 0 spiro atoms. The Kier molecular flexibility index (Phi) is 17.4. The molecule has 0 aliphatic heterocycles. The molecule has 0 radical (unpaired) electrons. The maximum Gasteiger partial charge on any atom is 1.00 e. The average molecular weight is 706 g/mol. The molecule has 208 valence electrons. The second-order valence-electron chi connectivity index (χ2n) is 7.59. The number of ketones is 2.